The molecule has 0 spiro atoms. The molecule has 1 amide bonds. The van der Waals surface area contributed by atoms with Crippen LogP contribution in [0.4, 0.5) is 5.69 Å². The number of hydrogen-bond donors (Lipinski definition) is 1. The first kappa shape index (κ1) is 15.8. The molecule has 6 heteroatoms. The summed E-state index contributed by atoms with van der Waals surface area (Å²) in [6, 6.07) is 4.83. The summed E-state index contributed by atoms with van der Waals surface area (Å²) in [4.78, 5) is 23.8. The van der Waals surface area contributed by atoms with Gasteiger partial charge in [0.1, 0.15) is 5.56 Å². The molecule has 1 N–H and O–H groups in total. The van der Waals surface area contributed by atoms with Crippen LogP contribution in [0.15, 0.2) is 23.1 Å². The minimum atomic E-state index is -0.494. The van der Waals surface area contributed by atoms with Gasteiger partial charge in [-0.15, -0.1) is 11.8 Å². The zero-order chi connectivity index (χ0) is 15.2. The maximum atomic E-state index is 12.4. The Morgan fingerprint density at radius 3 is 2.52 bits per heavy atom. The molecule has 1 fully saturated rings. The highest BCUT2D eigenvalue weighted by Crippen LogP contribution is 2.25. The number of amides is 1. The lowest BCUT2D eigenvalue weighted by Gasteiger charge is -2.16. The maximum absolute atomic E-state index is 12.4. The van der Waals surface area contributed by atoms with Gasteiger partial charge in [0.05, 0.1) is 4.92 Å². The third-order valence-electron chi connectivity index (χ3n) is 3.84. The molecule has 0 aromatic heterocycles. The molecule has 5 nitrogen and oxygen atoms in total. The molecule has 0 bridgehead atoms. The Kier molecular flexibility index (Phi) is 5.61. The number of hydrogen-bond acceptors (Lipinski definition) is 4. The van der Waals surface area contributed by atoms with E-state index in [0.717, 1.165) is 30.6 Å². The number of carbonyl (C=O) groups excluding carboxylic acids is 1. The van der Waals surface area contributed by atoms with Gasteiger partial charge in [-0.05, 0) is 31.2 Å². The van der Waals surface area contributed by atoms with Crippen molar-refractivity contribution in [2.24, 2.45) is 0 Å². The fraction of sp³-hybridized carbons (Fsp3) is 0.533. The van der Waals surface area contributed by atoms with E-state index in [0.29, 0.717) is 0 Å². The summed E-state index contributed by atoms with van der Waals surface area (Å²) in [6.07, 6.45) is 8.43. The van der Waals surface area contributed by atoms with Crippen LogP contribution in [-0.4, -0.2) is 23.1 Å². The molecule has 21 heavy (non-hydrogen) atoms. The minimum Gasteiger partial charge on any atom is -0.349 e. The first-order chi connectivity index (χ1) is 10.1. The molecule has 1 aromatic carbocycles. The zero-order valence-corrected chi connectivity index (χ0v) is 12.9. The average Bonchev–Trinajstić information content (AvgIpc) is 2.75. The van der Waals surface area contributed by atoms with Gasteiger partial charge < -0.3 is 5.32 Å². The summed E-state index contributed by atoms with van der Waals surface area (Å²) < 4.78 is 0. The van der Waals surface area contributed by atoms with Crippen LogP contribution in [0.1, 0.15) is 48.9 Å². The summed E-state index contributed by atoms with van der Waals surface area (Å²) in [6.45, 7) is 0. The predicted octanol–water partition coefficient (Wildman–Crippen LogP) is 3.77. The van der Waals surface area contributed by atoms with Crippen molar-refractivity contribution in [1.82, 2.24) is 5.32 Å². The summed E-state index contributed by atoms with van der Waals surface area (Å²) in [5.74, 6) is -0.329. The SMILES string of the molecule is CSc1ccc([N+](=O)[O-])c(C(=O)NC2CCCCCC2)c1. The van der Waals surface area contributed by atoms with Crippen LogP contribution in [-0.2, 0) is 0 Å². The fourth-order valence-corrected chi connectivity index (χ4v) is 3.11. The van der Waals surface area contributed by atoms with E-state index in [9.17, 15) is 14.9 Å². The molecule has 0 atom stereocenters. The van der Waals surface area contributed by atoms with Gasteiger partial charge in [-0.3, -0.25) is 14.9 Å². The Bertz CT molecular complexity index is 526. The van der Waals surface area contributed by atoms with Crippen molar-refractivity contribution in [3.8, 4) is 0 Å². The largest absolute Gasteiger partial charge is 0.349 e. The number of thioether (sulfide) groups is 1. The third-order valence-corrected chi connectivity index (χ3v) is 4.56. The first-order valence-corrected chi connectivity index (χ1v) is 8.47. The number of nitro groups is 1. The zero-order valence-electron chi connectivity index (χ0n) is 12.1. The smallest absolute Gasteiger partial charge is 0.282 e. The summed E-state index contributed by atoms with van der Waals surface area (Å²) in [5, 5.41) is 14.1. The van der Waals surface area contributed by atoms with Crippen LogP contribution in [0.5, 0.6) is 0 Å². The van der Waals surface area contributed by atoms with Crippen molar-refractivity contribution in [1.29, 1.82) is 0 Å². The topological polar surface area (TPSA) is 72.2 Å². The Morgan fingerprint density at radius 1 is 1.29 bits per heavy atom. The van der Waals surface area contributed by atoms with Gasteiger partial charge in [0.15, 0.2) is 0 Å². The third kappa shape index (κ3) is 4.20. The highest BCUT2D eigenvalue weighted by molar-refractivity contribution is 7.98. The molecule has 2 rings (SSSR count). The van der Waals surface area contributed by atoms with Crippen LogP contribution in [0.25, 0.3) is 0 Å². The standard InChI is InChI=1S/C15H20N2O3S/c1-21-12-8-9-14(17(19)20)13(10-12)15(18)16-11-6-4-2-3-5-7-11/h8-11H,2-7H2,1H3,(H,16,18). The van der Waals surface area contributed by atoms with Gasteiger partial charge in [-0.25, -0.2) is 0 Å². The van der Waals surface area contributed by atoms with E-state index < -0.39 is 4.92 Å². The fourth-order valence-electron chi connectivity index (χ4n) is 2.67. The van der Waals surface area contributed by atoms with Gasteiger partial charge in [-0.2, -0.15) is 0 Å². The minimum absolute atomic E-state index is 0.126. The summed E-state index contributed by atoms with van der Waals surface area (Å²) >= 11 is 1.47. The van der Waals surface area contributed by atoms with E-state index in [-0.39, 0.29) is 23.2 Å². The van der Waals surface area contributed by atoms with Crippen molar-refractivity contribution in [2.75, 3.05) is 6.26 Å². The van der Waals surface area contributed by atoms with Gasteiger partial charge >= 0.3 is 0 Å². The molecule has 1 aromatic rings. The van der Waals surface area contributed by atoms with E-state index in [1.165, 1.54) is 30.7 Å². The number of nitro benzene ring substituents is 1. The molecule has 0 heterocycles. The molecule has 0 saturated heterocycles. The molecular formula is C15H20N2O3S. The highest BCUT2D eigenvalue weighted by Gasteiger charge is 2.23. The second-order valence-electron chi connectivity index (χ2n) is 5.30. The van der Waals surface area contributed by atoms with Crippen molar-refractivity contribution in [3.63, 3.8) is 0 Å². The summed E-state index contributed by atoms with van der Waals surface area (Å²) in [7, 11) is 0. The van der Waals surface area contributed by atoms with Crippen molar-refractivity contribution in [2.45, 2.75) is 49.5 Å². The van der Waals surface area contributed by atoms with Gasteiger partial charge in [0, 0.05) is 17.0 Å². The first-order valence-electron chi connectivity index (χ1n) is 7.25. The number of carbonyl (C=O) groups is 1. The van der Waals surface area contributed by atoms with E-state index in [1.807, 2.05) is 6.26 Å². The van der Waals surface area contributed by atoms with Crippen LogP contribution in [0.3, 0.4) is 0 Å². The van der Waals surface area contributed by atoms with Crippen LogP contribution in [0.2, 0.25) is 0 Å². The van der Waals surface area contributed by atoms with E-state index in [1.54, 1.807) is 12.1 Å². The number of benzene rings is 1. The number of nitrogens with one attached hydrogen (secondary N) is 1. The monoisotopic (exact) mass is 308 g/mol. The Balaban J connectivity index is 2.18. The van der Waals surface area contributed by atoms with E-state index in [2.05, 4.69) is 5.32 Å². The lowest BCUT2D eigenvalue weighted by atomic mass is 10.1. The number of nitrogens with zero attached hydrogens (tertiary/aromatic N) is 1. The summed E-state index contributed by atoms with van der Waals surface area (Å²) in [5.41, 5.74) is 0.0371. The second-order valence-corrected chi connectivity index (χ2v) is 6.18. The lowest BCUT2D eigenvalue weighted by molar-refractivity contribution is -0.385. The average molecular weight is 308 g/mol. The second kappa shape index (κ2) is 7.45. The predicted molar refractivity (Wildman–Crippen MR) is 83.8 cm³/mol. The Hall–Kier alpha value is -1.56. The Morgan fingerprint density at radius 2 is 1.95 bits per heavy atom. The molecule has 1 saturated carbocycles. The van der Waals surface area contributed by atoms with Crippen LogP contribution < -0.4 is 5.32 Å². The van der Waals surface area contributed by atoms with Gasteiger partial charge in [0.25, 0.3) is 11.6 Å². The molecule has 0 aliphatic heterocycles. The molecule has 114 valence electrons. The maximum Gasteiger partial charge on any atom is 0.282 e. The molecule has 1 aliphatic carbocycles. The molecule has 0 radical (unpaired) electrons. The van der Waals surface area contributed by atoms with Crippen molar-refractivity contribution < 1.29 is 9.72 Å². The molecular weight excluding hydrogens is 288 g/mol. The number of rotatable bonds is 4. The van der Waals surface area contributed by atoms with Crippen molar-refractivity contribution in [3.05, 3.63) is 33.9 Å². The van der Waals surface area contributed by atoms with E-state index in [4.69, 9.17) is 0 Å². The Labute approximate surface area is 128 Å². The van der Waals surface area contributed by atoms with Gasteiger partial charge in [0.2, 0.25) is 0 Å². The lowest BCUT2D eigenvalue weighted by Crippen LogP contribution is -2.34. The normalized spacial score (nSPS) is 16.2. The van der Waals surface area contributed by atoms with Crippen LogP contribution >= 0.6 is 11.8 Å². The van der Waals surface area contributed by atoms with Crippen LogP contribution in [0, 0.1) is 10.1 Å². The van der Waals surface area contributed by atoms with Gasteiger partial charge in [-0.1, -0.05) is 25.7 Å². The van der Waals surface area contributed by atoms with Crippen molar-refractivity contribution >= 4 is 23.4 Å². The molecule has 0 unspecified atom stereocenters. The quantitative estimate of drug-likeness (QED) is 0.398. The van der Waals surface area contributed by atoms with E-state index >= 15 is 0 Å². The highest BCUT2D eigenvalue weighted by atomic mass is 32.2. The molecule has 1 aliphatic rings.